The summed E-state index contributed by atoms with van der Waals surface area (Å²) in [5, 5.41) is 2.43. The summed E-state index contributed by atoms with van der Waals surface area (Å²) in [6.07, 6.45) is 9.56. The maximum atomic E-state index is 11.3. The molecule has 0 unspecified atom stereocenters. The Hall–Kier alpha value is -4.63. The van der Waals surface area contributed by atoms with Crippen LogP contribution in [-0.4, -0.2) is 10.5 Å². The number of carbonyl (C=O) groups is 1. The first-order chi connectivity index (χ1) is 16.7. The Bertz CT molecular complexity index is 1540. The van der Waals surface area contributed by atoms with Crippen molar-refractivity contribution in [3.63, 3.8) is 0 Å². The molecule has 164 valence electrons. The molecule has 3 nitrogen and oxygen atoms in total. The molecule has 0 aliphatic rings. The van der Waals surface area contributed by atoms with Crippen LogP contribution in [0, 0.1) is 0 Å². The zero-order chi connectivity index (χ0) is 23.3. The molecule has 1 aromatic heterocycles. The summed E-state index contributed by atoms with van der Waals surface area (Å²) in [5.74, 6) is 0.0363. The molecule has 0 atom stereocenters. The Kier molecular flexibility index (Phi) is 5.91. The fourth-order valence-electron chi connectivity index (χ4n) is 4.01. The van der Waals surface area contributed by atoms with E-state index in [4.69, 9.17) is 4.74 Å². The van der Waals surface area contributed by atoms with E-state index in [-0.39, 0.29) is 0 Å². The van der Waals surface area contributed by atoms with Gasteiger partial charge in [0.15, 0.2) is 0 Å². The zero-order valence-electron chi connectivity index (χ0n) is 18.6. The van der Waals surface area contributed by atoms with E-state index in [1.54, 1.807) is 12.1 Å². The summed E-state index contributed by atoms with van der Waals surface area (Å²) in [7, 11) is 0. The third kappa shape index (κ3) is 4.45. The minimum absolute atomic E-state index is 0.464. The van der Waals surface area contributed by atoms with E-state index in [1.807, 2.05) is 30.3 Å². The van der Waals surface area contributed by atoms with E-state index in [9.17, 15) is 4.79 Å². The first kappa shape index (κ1) is 21.2. The minimum atomic E-state index is -0.464. The lowest BCUT2D eigenvalue weighted by molar-refractivity contribution is -0.128. The van der Waals surface area contributed by atoms with Gasteiger partial charge >= 0.3 is 5.97 Å². The van der Waals surface area contributed by atoms with Crippen LogP contribution in [0.3, 0.4) is 0 Å². The summed E-state index contributed by atoms with van der Waals surface area (Å²) < 4.78 is 7.38. The molecule has 0 radical (unpaired) electrons. The van der Waals surface area contributed by atoms with Gasteiger partial charge in [-0.25, -0.2) is 4.79 Å². The summed E-state index contributed by atoms with van der Waals surface area (Å²) in [6.45, 7) is 3.41. The molecule has 34 heavy (non-hydrogen) atoms. The molecule has 0 aliphatic carbocycles. The highest BCUT2D eigenvalue weighted by molar-refractivity contribution is 6.10. The van der Waals surface area contributed by atoms with Crippen LogP contribution in [-0.2, 0) is 4.79 Å². The van der Waals surface area contributed by atoms with Gasteiger partial charge < -0.3 is 9.30 Å². The Labute approximate surface area is 198 Å². The highest BCUT2D eigenvalue weighted by Gasteiger charge is 2.09. The lowest BCUT2D eigenvalue weighted by Gasteiger charge is -2.02. The Morgan fingerprint density at radius 1 is 0.676 bits per heavy atom. The van der Waals surface area contributed by atoms with Gasteiger partial charge in [-0.15, -0.1) is 0 Å². The van der Waals surface area contributed by atoms with Gasteiger partial charge in [0, 0.05) is 23.0 Å². The molecule has 4 aromatic carbocycles. The molecule has 5 rings (SSSR count). The average molecular weight is 442 g/mol. The van der Waals surface area contributed by atoms with Gasteiger partial charge in [0.25, 0.3) is 0 Å². The third-order valence-electron chi connectivity index (χ3n) is 5.68. The quantitative estimate of drug-likeness (QED) is 0.117. The molecule has 0 fully saturated rings. The van der Waals surface area contributed by atoms with Crippen molar-refractivity contribution in [3.8, 4) is 5.75 Å². The lowest BCUT2D eigenvalue weighted by Crippen LogP contribution is -2.02. The molecular weight excluding hydrogens is 418 g/mol. The molecule has 1 heterocycles. The van der Waals surface area contributed by atoms with Crippen molar-refractivity contribution in [3.05, 3.63) is 126 Å². The van der Waals surface area contributed by atoms with Crippen LogP contribution in [0.25, 0.3) is 46.2 Å². The van der Waals surface area contributed by atoms with Gasteiger partial charge in [-0.2, -0.15) is 0 Å². The van der Waals surface area contributed by atoms with Gasteiger partial charge in [-0.1, -0.05) is 85.5 Å². The standard InChI is InChI=1S/C31H23NO2/c1-2-31(33)34-26-17-14-24(15-18-26)12-13-25-16-19-30-28(22-25)27-10-6-7-11-29(27)32(30)21-20-23-8-4-3-5-9-23/h2-22H,1H2. The summed E-state index contributed by atoms with van der Waals surface area (Å²) >= 11 is 0. The lowest BCUT2D eigenvalue weighted by atomic mass is 10.1. The number of nitrogens with zero attached hydrogens (tertiary/aromatic N) is 1. The molecule has 0 aliphatic heterocycles. The van der Waals surface area contributed by atoms with Crippen LogP contribution in [0.2, 0.25) is 0 Å². The third-order valence-corrected chi connectivity index (χ3v) is 5.68. The van der Waals surface area contributed by atoms with Crippen LogP contribution in [0.15, 0.2) is 110 Å². The highest BCUT2D eigenvalue weighted by atomic mass is 16.5. The van der Waals surface area contributed by atoms with Gasteiger partial charge in [0.2, 0.25) is 0 Å². The molecule has 0 saturated heterocycles. The number of carbonyl (C=O) groups excluding carboxylic acids is 1. The SMILES string of the molecule is C=CC(=O)Oc1ccc(C=Cc2ccc3c(c2)c2ccccc2n3C=Cc2ccccc2)cc1. The molecule has 0 N–H and O–H groups in total. The van der Waals surface area contributed by atoms with Crippen molar-refractivity contribution in [2.24, 2.45) is 0 Å². The summed E-state index contributed by atoms with van der Waals surface area (Å²) in [5.41, 5.74) is 5.64. The van der Waals surface area contributed by atoms with Crippen molar-refractivity contribution >= 4 is 52.2 Å². The predicted molar refractivity (Wildman–Crippen MR) is 142 cm³/mol. The number of fused-ring (bicyclic) bond motifs is 3. The maximum absolute atomic E-state index is 11.3. The van der Waals surface area contributed by atoms with Crippen LogP contribution in [0.1, 0.15) is 16.7 Å². The molecule has 0 amide bonds. The smallest absolute Gasteiger partial charge is 0.335 e. The van der Waals surface area contributed by atoms with Crippen LogP contribution < -0.4 is 4.74 Å². The monoisotopic (exact) mass is 441 g/mol. The van der Waals surface area contributed by atoms with Crippen molar-refractivity contribution in [1.82, 2.24) is 4.57 Å². The zero-order valence-corrected chi connectivity index (χ0v) is 18.6. The number of ether oxygens (including phenoxy) is 1. The topological polar surface area (TPSA) is 31.2 Å². The largest absolute Gasteiger partial charge is 0.423 e. The second kappa shape index (κ2) is 9.47. The number of benzene rings is 4. The Morgan fingerprint density at radius 2 is 1.32 bits per heavy atom. The molecule has 3 heteroatoms. The number of para-hydroxylation sites is 1. The fourth-order valence-corrected chi connectivity index (χ4v) is 4.01. The first-order valence-electron chi connectivity index (χ1n) is 11.1. The maximum Gasteiger partial charge on any atom is 0.335 e. The molecule has 0 saturated carbocycles. The van der Waals surface area contributed by atoms with Crippen molar-refractivity contribution in [1.29, 1.82) is 0 Å². The van der Waals surface area contributed by atoms with Gasteiger partial charge in [0.1, 0.15) is 5.75 Å². The Balaban J connectivity index is 1.46. The minimum Gasteiger partial charge on any atom is -0.423 e. The number of aromatic nitrogens is 1. The van der Waals surface area contributed by atoms with Crippen molar-refractivity contribution < 1.29 is 9.53 Å². The summed E-state index contributed by atoms with van der Waals surface area (Å²) in [4.78, 5) is 11.3. The number of hydrogen-bond acceptors (Lipinski definition) is 2. The number of rotatable bonds is 6. The molecule has 0 spiro atoms. The van der Waals surface area contributed by atoms with Gasteiger partial charge in [0.05, 0.1) is 11.0 Å². The second-order valence-electron chi connectivity index (χ2n) is 7.92. The number of esters is 1. The van der Waals surface area contributed by atoms with Crippen molar-refractivity contribution in [2.45, 2.75) is 0 Å². The van der Waals surface area contributed by atoms with Gasteiger partial charge in [-0.05, 0) is 53.1 Å². The van der Waals surface area contributed by atoms with Crippen LogP contribution >= 0.6 is 0 Å². The van der Waals surface area contributed by atoms with Gasteiger partial charge in [-0.3, -0.25) is 0 Å². The van der Waals surface area contributed by atoms with Crippen LogP contribution in [0.5, 0.6) is 5.75 Å². The van der Waals surface area contributed by atoms with E-state index in [2.05, 4.69) is 90.2 Å². The van der Waals surface area contributed by atoms with E-state index in [1.165, 1.54) is 27.4 Å². The van der Waals surface area contributed by atoms with E-state index in [0.29, 0.717) is 5.75 Å². The average Bonchev–Trinajstić information content (AvgIpc) is 3.20. The molecular formula is C31H23NO2. The van der Waals surface area contributed by atoms with Crippen molar-refractivity contribution in [2.75, 3.05) is 0 Å². The molecule has 5 aromatic rings. The van der Waals surface area contributed by atoms with E-state index >= 15 is 0 Å². The summed E-state index contributed by atoms with van der Waals surface area (Å²) in [6, 6.07) is 32.7. The number of hydrogen-bond donors (Lipinski definition) is 0. The second-order valence-corrected chi connectivity index (χ2v) is 7.92. The normalized spacial score (nSPS) is 11.5. The molecule has 0 bridgehead atoms. The Morgan fingerprint density at radius 3 is 2.12 bits per heavy atom. The van der Waals surface area contributed by atoms with Crippen LogP contribution in [0.4, 0.5) is 0 Å². The predicted octanol–water partition coefficient (Wildman–Crippen LogP) is 7.68. The van der Waals surface area contributed by atoms with E-state index < -0.39 is 5.97 Å². The fraction of sp³-hybridized carbons (Fsp3) is 0. The van der Waals surface area contributed by atoms with E-state index in [0.717, 1.165) is 17.2 Å². The first-order valence-corrected chi connectivity index (χ1v) is 11.1. The highest BCUT2D eigenvalue weighted by Crippen LogP contribution is 2.31.